The summed E-state index contributed by atoms with van der Waals surface area (Å²) < 4.78 is 5.29. The Kier molecular flexibility index (Phi) is 5.41. The summed E-state index contributed by atoms with van der Waals surface area (Å²) in [4.78, 5) is 11.2. The predicted molar refractivity (Wildman–Crippen MR) is 60.5 cm³/mol. The van der Waals surface area contributed by atoms with Crippen LogP contribution in [0.2, 0.25) is 0 Å². The Morgan fingerprint density at radius 1 is 1.33 bits per heavy atom. The third-order valence-electron chi connectivity index (χ3n) is 2.00. The van der Waals surface area contributed by atoms with Crippen molar-refractivity contribution in [2.24, 2.45) is 0 Å². The second-order valence-corrected chi connectivity index (χ2v) is 3.34. The number of rotatable bonds is 7. The minimum atomic E-state index is 0.130. The van der Waals surface area contributed by atoms with Crippen LogP contribution in [0.15, 0.2) is 43.0 Å². The smallest absolute Gasteiger partial charge is 0.158 e. The van der Waals surface area contributed by atoms with E-state index in [1.807, 2.05) is 30.3 Å². The number of benzene rings is 1. The van der Waals surface area contributed by atoms with Crippen molar-refractivity contribution < 1.29 is 9.53 Å². The molecule has 0 saturated heterocycles. The van der Waals surface area contributed by atoms with E-state index in [9.17, 15) is 4.79 Å². The summed E-state index contributed by atoms with van der Waals surface area (Å²) in [5, 5.41) is 0. The van der Waals surface area contributed by atoms with Gasteiger partial charge in [0.05, 0.1) is 6.61 Å². The molecule has 0 saturated carbocycles. The lowest BCUT2D eigenvalue weighted by atomic mass is 10.2. The van der Waals surface area contributed by atoms with Crippen molar-refractivity contribution in [3.8, 4) is 0 Å². The normalized spacial score (nSPS) is 9.87. The average Bonchev–Trinajstić information content (AvgIpc) is 2.28. The zero-order valence-electron chi connectivity index (χ0n) is 8.82. The summed E-state index contributed by atoms with van der Waals surface area (Å²) in [7, 11) is 0. The monoisotopic (exact) mass is 204 g/mol. The van der Waals surface area contributed by atoms with Crippen LogP contribution in [0.5, 0.6) is 0 Å². The first-order chi connectivity index (χ1) is 7.33. The van der Waals surface area contributed by atoms with E-state index in [0.29, 0.717) is 13.0 Å². The zero-order valence-corrected chi connectivity index (χ0v) is 8.82. The molecule has 2 nitrogen and oxygen atoms in total. The van der Waals surface area contributed by atoms with Crippen LogP contribution < -0.4 is 0 Å². The van der Waals surface area contributed by atoms with Gasteiger partial charge in [-0.05, 0) is 12.0 Å². The lowest BCUT2D eigenvalue weighted by molar-refractivity contribution is -0.123. The average molecular weight is 204 g/mol. The summed E-state index contributed by atoms with van der Waals surface area (Å²) >= 11 is 0. The van der Waals surface area contributed by atoms with Gasteiger partial charge in [0, 0.05) is 6.42 Å². The Morgan fingerprint density at radius 2 is 2.07 bits per heavy atom. The number of ketones is 1. The summed E-state index contributed by atoms with van der Waals surface area (Å²) in [6.07, 6.45) is 3.00. The fourth-order valence-electron chi connectivity index (χ4n) is 1.19. The maximum absolute atomic E-state index is 11.2. The fourth-order valence-corrected chi connectivity index (χ4v) is 1.19. The molecule has 0 atom stereocenters. The van der Waals surface area contributed by atoms with Crippen molar-refractivity contribution >= 4 is 5.78 Å². The molecule has 0 aliphatic carbocycles. The second-order valence-electron chi connectivity index (χ2n) is 3.34. The van der Waals surface area contributed by atoms with Crippen LogP contribution in [-0.2, 0) is 16.1 Å². The molecule has 1 rings (SSSR count). The highest BCUT2D eigenvalue weighted by Gasteiger charge is 2.00. The molecule has 0 bridgehead atoms. The summed E-state index contributed by atoms with van der Waals surface area (Å²) in [6.45, 7) is 4.27. The number of hydrogen-bond acceptors (Lipinski definition) is 2. The molecular weight excluding hydrogens is 188 g/mol. The van der Waals surface area contributed by atoms with E-state index >= 15 is 0 Å². The van der Waals surface area contributed by atoms with E-state index in [1.54, 1.807) is 6.08 Å². The Morgan fingerprint density at radius 3 is 2.73 bits per heavy atom. The van der Waals surface area contributed by atoms with Crippen LogP contribution in [0.25, 0.3) is 0 Å². The fraction of sp³-hybridized carbons (Fsp3) is 0.308. The van der Waals surface area contributed by atoms with Gasteiger partial charge in [0.1, 0.15) is 6.61 Å². The molecule has 0 spiro atoms. The van der Waals surface area contributed by atoms with Crippen LogP contribution in [0.3, 0.4) is 0 Å². The zero-order chi connectivity index (χ0) is 10.9. The molecular formula is C13H16O2. The third-order valence-corrected chi connectivity index (χ3v) is 2.00. The first kappa shape index (κ1) is 11.7. The maximum Gasteiger partial charge on any atom is 0.158 e. The Hall–Kier alpha value is -1.41. The summed E-state index contributed by atoms with van der Waals surface area (Å²) in [5.41, 5.74) is 1.09. The second kappa shape index (κ2) is 6.96. The largest absolute Gasteiger partial charge is 0.369 e. The Balaban J connectivity index is 2.16. The van der Waals surface area contributed by atoms with Gasteiger partial charge in [-0.3, -0.25) is 4.79 Å². The molecule has 1 aromatic rings. The van der Waals surface area contributed by atoms with Gasteiger partial charge in [0.25, 0.3) is 0 Å². The van der Waals surface area contributed by atoms with Crippen molar-refractivity contribution in [3.05, 3.63) is 48.6 Å². The molecule has 0 aromatic heterocycles. The molecule has 80 valence electrons. The van der Waals surface area contributed by atoms with Crippen molar-refractivity contribution in [1.29, 1.82) is 0 Å². The van der Waals surface area contributed by atoms with Crippen LogP contribution >= 0.6 is 0 Å². The predicted octanol–water partition coefficient (Wildman–Crippen LogP) is 2.74. The molecule has 0 fully saturated rings. The van der Waals surface area contributed by atoms with E-state index in [0.717, 1.165) is 12.0 Å². The Labute approximate surface area is 90.6 Å². The van der Waals surface area contributed by atoms with Gasteiger partial charge >= 0.3 is 0 Å². The number of Topliss-reactive ketones (excluding diaryl/α,β-unsaturated/α-hetero) is 1. The van der Waals surface area contributed by atoms with Gasteiger partial charge < -0.3 is 4.74 Å². The molecule has 0 heterocycles. The van der Waals surface area contributed by atoms with Crippen molar-refractivity contribution in [2.45, 2.75) is 19.4 Å². The van der Waals surface area contributed by atoms with E-state index in [4.69, 9.17) is 4.74 Å². The van der Waals surface area contributed by atoms with Crippen LogP contribution in [-0.4, -0.2) is 12.4 Å². The first-order valence-electron chi connectivity index (χ1n) is 5.07. The number of allylic oxidation sites excluding steroid dienone is 1. The van der Waals surface area contributed by atoms with Gasteiger partial charge in [0.2, 0.25) is 0 Å². The molecule has 0 aliphatic rings. The third kappa shape index (κ3) is 5.13. The topological polar surface area (TPSA) is 26.3 Å². The molecule has 1 aromatic carbocycles. The molecule has 0 N–H and O–H groups in total. The first-order valence-corrected chi connectivity index (χ1v) is 5.07. The number of carbonyl (C=O) groups excluding carboxylic acids is 1. The lowest BCUT2D eigenvalue weighted by Crippen LogP contribution is -2.07. The number of carbonyl (C=O) groups is 1. The maximum atomic E-state index is 11.2. The number of ether oxygens (including phenoxy) is 1. The minimum absolute atomic E-state index is 0.130. The summed E-state index contributed by atoms with van der Waals surface area (Å²) in [5.74, 6) is 0.130. The van der Waals surface area contributed by atoms with Gasteiger partial charge in [-0.25, -0.2) is 0 Å². The van der Waals surface area contributed by atoms with Crippen molar-refractivity contribution in [2.75, 3.05) is 6.61 Å². The molecule has 0 unspecified atom stereocenters. The standard InChI is InChI=1S/C13H16O2/c1-2-3-9-13(14)11-15-10-12-7-5-4-6-8-12/h2,4-8H,1,3,9-11H2. The van der Waals surface area contributed by atoms with Crippen LogP contribution in [0.4, 0.5) is 0 Å². The van der Waals surface area contributed by atoms with Gasteiger partial charge in [-0.2, -0.15) is 0 Å². The molecule has 0 amide bonds. The summed E-state index contributed by atoms with van der Waals surface area (Å²) in [6, 6.07) is 9.83. The quantitative estimate of drug-likeness (QED) is 0.638. The SMILES string of the molecule is C=CCCC(=O)COCc1ccccc1. The van der Waals surface area contributed by atoms with Gasteiger partial charge in [0.15, 0.2) is 5.78 Å². The van der Waals surface area contributed by atoms with E-state index in [-0.39, 0.29) is 12.4 Å². The molecule has 0 radical (unpaired) electrons. The lowest BCUT2D eigenvalue weighted by Gasteiger charge is -2.02. The molecule has 15 heavy (non-hydrogen) atoms. The van der Waals surface area contributed by atoms with Crippen LogP contribution in [0.1, 0.15) is 18.4 Å². The minimum Gasteiger partial charge on any atom is -0.369 e. The van der Waals surface area contributed by atoms with Gasteiger partial charge in [-0.15, -0.1) is 6.58 Å². The van der Waals surface area contributed by atoms with Crippen LogP contribution in [0, 0.1) is 0 Å². The van der Waals surface area contributed by atoms with E-state index < -0.39 is 0 Å². The van der Waals surface area contributed by atoms with Crippen molar-refractivity contribution in [1.82, 2.24) is 0 Å². The highest BCUT2D eigenvalue weighted by Crippen LogP contribution is 2.01. The van der Waals surface area contributed by atoms with E-state index in [1.165, 1.54) is 0 Å². The highest BCUT2D eigenvalue weighted by molar-refractivity contribution is 5.79. The molecule has 2 heteroatoms. The van der Waals surface area contributed by atoms with Crippen molar-refractivity contribution in [3.63, 3.8) is 0 Å². The van der Waals surface area contributed by atoms with E-state index in [2.05, 4.69) is 6.58 Å². The highest BCUT2D eigenvalue weighted by atomic mass is 16.5. The Bertz CT molecular complexity index is 304. The molecule has 0 aliphatic heterocycles. The van der Waals surface area contributed by atoms with Gasteiger partial charge in [-0.1, -0.05) is 36.4 Å². The number of hydrogen-bond donors (Lipinski definition) is 0.